The Morgan fingerprint density at radius 1 is 1.33 bits per heavy atom. The van der Waals surface area contributed by atoms with Crippen LogP contribution in [0.15, 0.2) is 24.3 Å². The van der Waals surface area contributed by atoms with E-state index in [-0.39, 0.29) is 12.5 Å². The molecule has 0 radical (unpaired) electrons. The Balaban J connectivity index is 1.60. The lowest BCUT2D eigenvalue weighted by molar-refractivity contribution is -0.148. The van der Waals surface area contributed by atoms with Gasteiger partial charge in [-0.1, -0.05) is 23.5 Å². The van der Waals surface area contributed by atoms with E-state index < -0.39 is 11.5 Å². The molecule has 1 amide bonds. The maximum Gasteiger partial charge on any atom is 0.323 e. The third kappa shape index (κ3) is 2.74. The van der Waals surface area contributed by atoms with Gasteiger partial charge >= 0.3 is 5.97 Å². The number of aromatic nitrogens is 1. The molecule has 7 heteroatoms. The molecule has 2 aromatic rings. The van der Waals surface area contributed by atoms with Crippen molar-refractivity contribution in [2.24, 2.45) is 0 Å². The monoisotopic (exact) mass is 305 g/mol. The van der Waals surface area contributed by atoms with Crippen molar-refractivity contribution in [1.82, 2.24) is 10.3 Å². The molecule has 3 N–H and O–H groups in total. The van der Waals surface area contributed by atoms with Crippen LogP contribution < -0.4 is 10.6 Å². The molecule has 1 aliphatic rings. The minimum absolute atomic E-state index is 0.0256. The molecule has 3 rings (SSSR count). The highest BCUT2D eigenvalue weighted by Gasteiger charge is 2.44. The molecule has 1 fully saturated rings. The molecule has 0 spiro atoms. The zero-order chi connectivity index (χ0) is 14.9. The average Bonchev–Trinajstić information content (AvgIpc) is 2.78. The third-order valence-corrected chi connectivity index (χ3v) is 4.70. The quantitative estimate of drug-likeness (QED) is 0.784. The molecule has 1 aliphatic carbocycles. The van der Waals surface area contributed by atoms with Crippen molar-refractivity contribution in [3.05, 3.63) is 24.3 Å². The van der Waals surface area contributed by atoms with E-state index in [1.807, 2.05) is 24.3 Å². The van der Waals surface area contributed by atoms with Gasteiger partial charge in [0.05, 0.1) is 16.8 Å². The summed E-state index contributed by atoms with van der Waals surface area (Å²) in [5.74, 6) is -1.16. The molecule has 0 bridgehead atoms. The number of nitrogens with one attached hydrogen (secondary N) is 2. The Morgan fingerprint density at radius 2 is 2.10 bits per heavy atom. The second kappa shape index (κ2) is 5.42. The van der Waals surface area contributed by atoms with E-state index in [2.05, 4.69) is 15.6 Å². The van der Waals surface area contributed by atoms with Crippen LogP contribution >= 0.6 is 11.3 Å². The number of hydrogen-bond donors (Lipinski definition) is 3. The first-order chi connectivity index (χ1) is 10.1. The highest BCUT2D eigenvalue weighted by atomic mass is 32.1. The minimum Gasteiger partial charge on any atom is -0.480 e. The first-order valence-electron chi connectivity index (χ1n) is 6.73. The normalized spacial score (nSPS) is 16.4. The van der Waals surface area contributed by atoms with Crippen molar-refractivity contribution in [1.29, 1.82) is 0 Å². The summed E-state index contributed by atoms with van der Waals surface area (Å²) in [4.78, 5) is 27.4. The number of amides is 1. The summed E-state index contributed by atoms with van der Waals surface area (Å²) in [6.45, 7) is -0.0256. The molecule has 0 atom stereocenters. The van der Waals surface area contributed by atoms with Crippen molar-refractivity contribution in [3.8, 4) is 0 Å². The number of para-hydroxylation sites is 1. The molecule has 0 saturated heterocycles. The number of thiazole rings is 1. The molecule has 1 aromatic heterocycles. The Kier molecular flexibility index (Phi) is 3.60. The summed E-state index contributed by atoms with van der Waals surface area (Å²) in [7, 11) is 0. The lowest BCUT2D eigenvalue weighted by atomic mass is 9.77. The van der Waals surface area contributed by atoms with Crippen LogP contribution in [0.4, 0.5) is 5.13 Å². The van der Waals surface area contributed by atoms with Gasteiger partial charge in [0.25, 0.3) is 0 Å². The van der Waals surface area contributed by atoms with Crippen molar-refractivity contribution >= 4 is 38.6 Å². The molecule has 6 nitrogen and oxygen atoms in total. The molecule has 0 aliphatic heterocycles. The fourth-order valence-electron chi connectivity index (χ4n) is 2.34. The van der Waals surface area contributed by atoms with E-state index in [0.717, 1.165) is 16.6 Å². The number of rotatable bonds is 5. The van der Waals surface area contributed by atoms with Gasteiger partial charge in [-0.25, -0.2) is 4.98 Å². The fraction of sp³-hybridized carbons (Fsp3) is 0.357. The number of nitrogens with zero attached hydrogens (tertiary/aromatic N) is 1. The molecule has 110 valence electrons. The summed E-state index contributed by atoms with van der Waals surface area (Å²) in [5.41, 5.74) is -0.0861. The van der Waals surface area contributed by atoms with Crippen LogP contribution in [0.2, 0.25) is 0 Å². The number of carboxylic acid groups (broad SMARTS) is 1. The lowest BCUT2D eigenvalue weighted by Crippen LogP contribution is -2.58. The molecule has 1 saturated carbocycles. The van der Waals surface area contributed by atoms with Crippen LogP contribution in [0.25, 0.3) is 10.2 Å². The average molecular weight is 305 g/mol. The third-order valence-electron chi connectivity index (χ3n) is 3.74. The SMILES string of the molecule is O=C(CNC1(C(=O)O)CCC1)Nc1nc2ccccc2s1. The number of aliphatic carboxylic acids is 1. The number of carbonyl (C=O) groups is 2. The van der Waals surface area contributed by atoms with Crippen LogP contribution in [-0.2, 0) is 9.59 Å². The predicted molar refractivity (Wildman–Crippen MR) is 80.5 cm³/mol. The first kappa shape index (κ1) is 14.0. The lowest BCUT2D eigenvalue weighted by Gasteiger charge is -2.38. The maximum absolute atomic E-state index is 11.9. The smallest absolute Gasteiger partial charge is 0.323 e. The fourth-order valence-corrected chi connectivity index (χ4v) is 3.22. The van der Waals surface area contributed by atoms with Crippen LogP contribution in [0.3, 0.4) is 0 Å². The van der Waals surface area contributed by atoms with E-state index in [0.29, 0.717) is 18.0 Å². The Hall–Kier alpha value is -1.99. The van der Waals surface area contributed by atoms with Gasteiger partial charge in [0.15, 0.2) is 5.13 Å². The van der Waals surface area contributed by atoms with Gasteiger partial charge in [0.2, 0.25) is 5.91 Å². The standard InChI is InChI=1S/C14H15N3O3S/c18-11(8-15-14(12(19)20)6-3-7-14)17-13-16-9-4-1-2-5-10(9)21-13/h1-2,4-5,15H,3,6-8H2,(H,19,20)(H,16,17,18). The van der Waals surface area contributed by atoms with Gasteiger partial charge in [0, 0.05) is 0 Å². The van der Waals surface area contributed by atoms with Crippen molar-refractivity contribution < 1.29 is 14.7 Å². The van der Waals surface area contributed by atoms with Crippen molar-refractivity contribution in [2.45, 2.75) is 24.8 Å². The number of fused-ring (bicyclic) bond motifs is 1. The number of carbonyl (C=O) groups excluding carboxylic acids is 1. The molecular weight excluding hydrogens is 290 g/mol. The number of anilines is 1. The largest absolute Gasteiger partial charge is 0.480 e. The van der Waals surface area contributed by atoms with Gasteiger partial charge in [-0.3, -0.25) is 14.9 Å². The Labute approximate surface area is 125 Å². The number of carboxylic acids is 1. The second-order valence-corrected chi connectivity index (χ2v) is 6.16. The second-order valence-electron chi connectivity index (χ2n) is 5.13. The van der Waals surface area contributed by atoms with E-state index in [9.17, 15) is 14.7 Å². The summed E-state index contributed by atoms with van der Waals surface area (Å²) in [6.07, 6.45) is 2.01. The van der Waals surface area contributed by atoms with E-state index in [4.69, 9.17) is 0 Å². The van der Waals surface area contributed by atoms with Crippen LogP contribution in [0.5, 0.6) is 0 Å². The molecule has 1 heterocycles. The number of benzene rings is 1. The Bertz CT molecular complexity index is 661. The Morgan fingerprint density at radius 3 is 2.71 bits per heavy atom. The zero-order valence-electron chi connectivity index (χ0n) is 11.3. The minimum atomic E-state index is -0.926. The highest BCUT2D eigenvalue weighted by Crippen LogP contribution is 2.32. The summed E-state index contributed by atoms with van der Waals surface area (Å²) in [6, 6.07) is 7.63. The summed E-state index contributed by atoms with van der Waals surface area (Å²) in [5, 5.41) is 15.3. The van der Waals surface area contributed by atoms with Crippen molar-refractivity contribution in [2.75, 3.05) is 11.9 Å². The molecule has 0 unspecified atom stereocenters. The van der Waals surface area contributed by atoms with E-state index in [1.54, 1.807) is 0 Å². The molecular formula is C14H15N3O3S. The topological polar surface area (TPSA) is 91.3 Å². The molecule has 1 aromatic carbocycles. The van der Waals surface area contributed by atoms with Gasteiger partial charge < -0.3 is 10.4 Å². The van der Waals surface area contributed by atoms with E-state index >= 15 is 0 Å². The van der Waals surface area contributed by atoms with Crippen LogP contribution in [-0.4, -0.2) is 34.1 Å². The first-order valence-corrected chi connectivity index (χ1v) is 7.55. The zero-order valence-corrected chi connectivity index (χ0v) is 12.1. The predicted octanol–water partition coefficient (Wildman–Crippen LogP) is 1.83. The van der Waals surface area contributed by atoms with Gasteiger partial charge in [-0.05, 0) is 31.4 Å². The summed E-state index contributed by atoms with van der Waals surface area (Å²) >= 11 is 1.40. The molecule has 21 heavy (non-hydrogen) atoms. The van der Waals surface area contributed by atoms with Crippen molar-refractivity contribution in [3.63, 3.8) is 0 Å². The highest BCUT2D eigenvalue weighted by molar-refractivity contribution is 7.22. The van der Waals surface area contributed by atoms with Crippen LogP contribution in [0.1, 0.15) is 19.3 Å². The van der Waals surface area contributed by atoms with E-state index in [1.165, 1.54) is 11.3 Å². The van der Waals surface area contributed by atoms with Gasteiger partial charge in [0.1, 0.15) is 5.54 Å². The summed E-state index contributed by atoms with van der Waals surface area (Å²) < 4.78 is 1.00. The maximum atomic E-state index is 11.9. The van der Waals surface area contributed by atoms with Crippen LogP contribution in [0, 0.1) is 0 Å². The van der Waals surface area contributed by atoms with Gasteiger partial charge in [-0.15, -0.1) is 0 Å². The number of hydrogen-bond acceptors (Lipinski definition) is 5. The van der Waals surface area contributed by atoms with Gasteiger partial charge in [-0.2, -0.15) is 0 Å².